The van der Waals surface area contributed by atoms with E-state index in [9.17, 15) is 0 Å². The van der Waals surface area contributed by atoms with E-state index >= 15 is 0 Å². The Morgan fingerprint density at radius 3 is 3.19 bits per heavy atom. The summed E-state index contributed by atoms with van der Waals surface area (Å²) >= 11 is 1.80. The van der Waals surface area contributed by atoms with Crippen LogP contribution in [0.25, 0.3) is 11.3 Å². The largest absolute Gasteiger partial charge is 0.497 e. The van der Waals surface area contributed by atoms with Gasteiger partial charge in [-0.25, -0.2) is 9.97 Å². The first-order chi connectivity index (χ1) is 7.88. The lowest BCUT2D eigenvalue weighted by Crippen LogP contribution is -1.99. The molecule has 0 amide bonds. The van der Waals surface area contributed by atoms with Gasteiger partial charge in [-0.3, -0.25) is 0 Å². The highest BCUT2D eigenvalue weighted by Gasteiger charge is 2.18. The van der Waals surface area contributed by atoms with E-state index in [2.05, 4.69) is 22.1 Å². The van der Waals surface area contributed by atoms with Gasteiger partial charge in [0.15, 0.2) is 0 Å². The molecule has 2 heterocycles. The number of benzene rings is 1. The maximum atomic E-state index is 5.22. The molecular formula is C12H10N2OS. The molecule has 0 spiro atoms. The van der Waals surface area contributed by atoms with Crippen molar-refractivity contribution in [2.45, 2.75) is 10.6 Å². The number of methoxy groups -OCH3 is 1. The van der Waals surface area contributed by atoms with Gasteiger partial charge in [-0.15, -0.1) is 11.8 Å². The number of hydrogen-bond donors (Lipinski definition) is 0. The standard InChI is InChI=1S/C12H10N2OS/c1-15-9-2-3-10-11(4-9)16-6-8-5-13-7-14-12(8)10/h2-5,7H,6H2,1H3. The average Bonchev–Trinajstić information content (AvgIpc) is 2.38. The van der Waals surface area contributed by atoms with Gasteiger partial charge >= 0.3 is 0 Å². The van der Waals surface area contributed by atoms with Crippen LogP contribution < -0.4 is 4.74 Å². The molecule has 0 atom stereocenters. The second-order valence-corrected chi connectivity index (χ2v) is 4.56. The van der Waals surface area contributed by atoms with Crippen molar-refractivity contribution in [3.63, 3.8) is 0 Å². The highest BCUT2D eigenvalue weighted by Crippen LogP contribution is 2.41. The third kappa shape index (κ3) is 1.46. The maximum absolute atomic E-state index is 5.22. The van der Waals surface area contributed by atoms with E-state index in [0.717, 1.165) is 17.2 Å². The topological polar surface area (TPSA) is 35.0 Å². The molecule has 0 fully saturated rings. The summed E-state index contributed by atoms with van der Waals surface area (Å²) in [5, 5.41) is 0. The highest BCUT2D eigenvalue weighted by molar-refractivity contribution is 7.98. The van der Waals surface area contributed by atoms with Gasteiger partial charge in [0.05, 0.1) is 12.8 Å². The van der Waals surface area contributed by atoms with Crippen molar-refractivity contribution in [3.05, 3.63) is 36.3 Å². The number of ether oxygens (including phenoxy) is 1. The minimum atomic E-state index is 0.892. The number of fused-ring (bicyclic) bond motifs is 3. The predicted molar refractivity (Wildman–Crippen MR) is 63.6 cm³/mol. The summed E-state index contributed by atoms with van der Waals surface area (Å²) in [6.45, 7) is 0. The van der Waals surface area contributed by atoms with Crippen LogP contribution in [0.2, 0.25) is 0 Å². The molecule has 0 aliphatic carbocycles. The molecule has 0 unspecified atom stereocenters. The normalized spacial score (nSPS) is 12.8. The molecule has 1 aromatic heterocycles. The van der Waals surface area contributed by atoms with E-state index in [1.807, 2.05) is 12.3 Å². The molecule has 0 N–H and O–H groups in total. The summed E-state index contributed by atoms with van der Waals surface area (Å²) in [7, 11) is 1.69. The molecule has 0 saturated carbocycles. The summed E-state index contributed by atoms with van der Waals surface area (Å²) < 4.78 is 5.22. The molecule has 4 heteroatoms. The van der Waals surface area contributed by atoms with Crippen LogP contribution in [0.1, 0.15) is 5.56 Å². The lowest BCUT2D eigenvalue weighted by molar-refractivity contribution is 0.414. The van der Waals surface area contributed by atoms with Crippen LogP contribution >= 0.6 is 11.8 Å². The Balaban J connectivity index is 2.18. The molecule has 0 radical (unpaired) electrons. The first-order valence-corrected chi connectivity index (χ1v) is 5.97. The average molecular weight is 230 g/mol. The van der Waals surface area contributed by atoms with E-state index < -0.39 is 0 Å². The summed E-state index contributed by atoms with van der Waals surface area (Å²) in [4.78, 5) is 9.63. The lowest BCUT2D eigenvalue weighted by Gasteiger charge is -2.17. The van der Waals surface area contributed by atoms with Crippen LogP contribution in [0.5, 0.6) is 5.75 Å². The Bertz CT molecular complexity index is 542. The van der Waals surface area contributed by atoms with Crippen LogP contribution in [0.3, 0.4) is 0 Å². The van der Waals surface area contributed by atoms with Crippen molar-refractivity contribution < 1.29 is 4.74 Å². The number of aromatic nitrogens is 2. The van der Waals surface area contributed by atoms with Crippen LogP contribution in [0, 0.1) is 0 Å². The van der Waals surface area contributed by atoms with E-state index in [0.29, 0.717) is 0 Å². The summed E-state index contributed by atoms with van der Waals surface area (Å²) in [6.07, 6.45) is 3.49. The third-order valence-electron chi connectivity index (χ3n) is 2.62. The van der Waals surface area contributed by atoms with E-state index in [-0.39, 0.29) is 0 Å². The first-order valence-electron chi connectivity index (χ1n) is 4.98. The minimum absolute atomic E-state index is 0.892. The number of thioether (sulfide) groups is 1. The Morgan fingerprint density at radius 2 is 2.31 bits per heavy atom. The zero-order valence-corrected chi connectivity index (χ0v) is 9.62. The predicted octanol–water partition coefficient (Wildman–Crippen LogP) is 2.76. The molecule has 1 aliphatic heterocycles. The second-order valence-electron chi connectivity index (χ2n) is 3.55. The Morgan fingerprint density at radius 1 is 1.38 bits per heavy atom. The van der Waals surface area contributed by atoms with Gasteiger partial charge in [0, 0.05) is 28.0 Å². The zero-order chi connectivity index (χ0) is 11.0. The van der Waals surface area contributed by atoms with Gasteiger partial charge in [-0.1, -0.05) is 0 Å². The van der Waals surface area contributed by atoms with Gasteiger partial charge in [0.1, 0.15) is 12.1 Å². The smallest absolute Gasteiger partial charge is 0.120 e. The molecular weight excluding hydrogens is 220 g/mol. The molecule has 1 aliphatic rings. The quantitative estimate of drug-likeness (QED) is 0.754. The first kappa shape index (κ1) is 9.66. The molecule has 3 rings (SSSR count). The SMILES string of the molecule is COc1ccc2c(c1)SCc1cncnc1-2. The number of rotatable bonds is 1. The van der Waals surface area contributed by atoms with Gasteiger partial charge in [-0.05, 0) is 18.2 Å². The second kappa shape index (κ2) is 3.79. The number of hydrogen-bond acceptors (Lipinski definition) is 4. The van der Waals surface area contributed by atoms with Crippen LogP contribution in [-0.4, -0.2) is 17.1 Å². The third-order valence-corrected chi connectivity index (χ3v) is 3.72. The summed E-state index contributed by atoms with van der Waals surface area (Å²) in [6, 6.07) is 6.09. The van der Waals surface area contributed by atoms with Crippen molar-refractivity contribution in [1.29, 1.82) is 0 Å². The minimum Gasteiger partial charge on any atom is -0.497 e. The number of nitrogens with zero attached hydrogens (tertiary/aromatic N) is 2. The zero-order valence-electron chi connectivity index (χ0n) is 8.80. The Labute approximate surface area is 97.9 Å². The van der Waals surface area contributed by atoms with E-state index in [4.69, 9.17) is 4.74 Å². The van der Waals surface area contributed by atoms with Gasteiger partial charge in [0.25, 0.3) is 0 Å². The Hall–Kier alpha value is -1.55. The fraction of sp³-hybridized carbons (Fsp3) is 0.167. The summed E-state index contributed by atoms with van der Waals surface area (Å²) in [5.41, 5.74) is 3.42. The fourth-order valence-corrected chi connectivity index (χ4v) is 2.85. The monoisotopic (exact) mass is 230 g/mol. The van der Waals surface area contributed by atoms with E-state index in [1.54, 1.807) is 25.2 Å². The molecule has 16 heavy (non-hydrogen) atoms. The summed E-state index contributed by atoms with van der Waals surface area (Å²) in [5.74, 6) is 1.82. The Kier molecular flexibility index (Phi) is 2.29. The van der Waals surface area contributed by atoms with Crippen molar-refractivity contribution in [3.8, 4) is 17.0 Å². The van der Waals surface area contributed by atoms with Crippen LogP contribution in [-0.2, 0) is 5.75 Å². The van der Waals surface area contributed by atoms with Crippen molar-refractivity contribution in [2.24, 2.45) is 0 Å². The molecule has 0 bridgehead atoms. The van der Waals surface area contributed by atoms with E-state index in [1.165, 1.54) is 16.0 Å². The molecule has 80 valence electrons. The van der Waals surface area contributed by atoms with Crippen molar-refractivity contribution in [1.82, 2.24) is 9.97 Å². The molecule has 0 saturated heterocycles. The van der Waals surface area contributed by atoms with Gasteiger partial charge < -0.3 is 4.74 Å². The van der Waals surface area contributed by atoms with Crippen LogP contribution in [0.15, 0.2) is 35.6 Å². The van der Waals surface area contributed by atoms with Gasteiger partial charge in [0.2, 0.25) is 0 Å². The fourth-order valence-electron chi connectivity index (χ4n) is 1.81. The maximum Gasteiger partial charge on any atom is 0.120 e. The molecule has 2 aromatic rings. The molecule has 3 nitrogen and oxygen atoms in total. The van der Waals surface area contributed by atoms with Gasteiger partial charge in [-0.2, -0.15) is 0 Å². The molecule has 1 aromatic carbocycles. The van der Waals surface area contributed by atoms with Crippen molar-refractivity contribution in [2.75, 3.05) is 7.11 Å². The van der Waals surface area contributed by atoms with Crippen LogP contribution in [0.4, 0.5) is 0 Å². The highest BCUT2D eigenvalue weighted by atomic mass is 32.2. The lowest BCUT2D eigenvalue weighted by atomic mass is 10.1. The van der Waals surface area contributed by atoms with Crippen molar-refractivity contribution >= 4 is 11.8 Å².